The molecule has 3 N–H and O–H groups in total. The zero-order valence-corrected chi connectivity index (χ0v) is 17.0. The summed E-state index contributed by atoms with van der Waals surface area (Å²) in [5.74, 6) is -2.16. The van der Waals surface area contributed by atoms with Crippen LogP contribution in [0.1, 0.15) is 30.5 Å². The van der Waals surface area contributed by atoms with Crippen LogP contribution in [0.15, 0.2) is 59.3 Å². The number of aliphatic carboxylic acids is 1. The fourth-order valence-corrected chi connectivity index (χ4v) is 3.53. The number of carbonyl (C=O) groups excluding carboxylic acids is 1. The molecule has 0 saturated heterocycles. The highest BCUT2D eigenvalue weighted by Gasteiger charge is 2.35. The van der Waals surface area contributed by atoms with E-state index in [-0.39, 0.29) is 11.5 Å². The van der Waals surface area contributed by atoms with Crippen molar-refractivity contribution in [2.45, 2.75) is 20.8 Å². The van der Waals surface area contributed by atoms with Crippen molar-refractivity contribution < 1.29 is 19.8 Å². The third-order valence-corrected chi connectivity index (χ3v) is 4.78. The third kappa shape index (κ3) is 3.69. The maximum atomic E-state index is 12.8. The van der Waals surface area contributed by atoms with Crippen LogP contribution in [0.4, 0.5) is 0 Å². The fourth-order valence-electron chi connectivity index (χ4n) is 3.53. The molecule has 0 unspecified atom stereocenters. The van der Waals surface area contributed by atoms with E-state index < -0.39 is 18.4 Å². The van der Waals surface area contributed by atoms with E-state index in [4.69, 9.17) is 5.11 Å². The second kappa shape index (κ2) is 8.65. The molecule has 0 aromatic heterocycles. The van der Waals surface area contributed by atoms with Gasteiger partial charge in [0.2, 0.25) is 0 Å². The number of nitrogens with one attached hydrogen (secondary N) is 1. The highest BCUT2D eigenvalue weighted by molar-refractivity contribution is 6.06. The van der Waals surface area contributed by atoms with E-state index in [0.717, 1.165) is 22.3 Å². The van der Waals surface area contributed by atoms with Crippen molar-refractivity contribution in [1.82, 2.24) is 10.3 Å². The molecule has 2 aromatic rings. The number of rotatable bonds is 5. The zero-order chi connectivity index (χ0) is 21.8. The maximum Gasteiger partial charge on any atom is 0.322 e. The first kappa shape index (κ1) is 20.9. The number of aryl methyl sites for hydroxylation is 1. The van der Waals surface area contributed by atoms with Crippen LogP contribution in [0, 0.1) is 6.92 Å². The van der Waals surface area contributed by atoms with E-state index in [2.05, 4.69) is 10.4 Å². The van der Waals surface area contributed by atoms with Gasteiger partial charge in [-0.05, 0) is 37.5 Å². The van der Waals surface area contributed by atoms with E-state index in [0.29, 0.717) is 11.3 Å². The topological polar surface area (TPSA) is 102 Å². The second-order valence-corrected chi connectivity index (χ2v) is 6.68. The Hall–Kier alpha value is -3.87. The molecule has 0 aliphatic carbocycles. The van der Waals surface area contributed by atoms with Gasteiger partial charge in [0.05, 0.1) is 5.70 Å². The van der Waals surface area contributed by atoms with Crippen molar-refractivity contribution in [1.29, 1.82) is 0 Å². The third-order valence-electron chi connectivity index (χ3n) is 4.78. The van der Waals surface area contributed by atoms with Crippen LogP contribution in [0.5, 0.6) is 0 Å². The highest BCUT2D eigenvalue weighted by atomic mass is 16.4. The summed E-state index contributed by atoms with van der Waals surface area (Å²) in [6.07, 6.45) is 3.32. The minimum Gasteiger partial charge on any atom is -0.505 e. The number of fused-ring (bicyclic) bond motifs is 1. The summed E-state index contributed by atoms with van der Waals surface area (Å²) >= 11 is 0. The molecule has 3 rings (SSSR count). The quantitative estimate of drug-likeness (QED) is 0.657. The molecule has 1 heterocycles. The van der Waals surface area contributed by atoms with Gasteiger partial charge >= 0.3 is 5.97 Å². The summed E-state index contributed by atoms with van der Waals surface area (Å²) < 4.78 is 0. The molecule has 0 spiro atoms. The lowest BCUT2D eigenvalue weighted by molar-refractivity contribution is -0.137. The van der Waals surface area contributed by atoms with Crippen molar-refractivity contribution in [2.75, 3.05) is 6.54 Å². The van der Waals surface area contributed by atoms with Crippen LogP contribution in [-0.4, -0.2) is 39.9 Å². The fraction of sp³-hybridized carbons (Fsp3) is 0.174. The Kier molecular flexibility index (Phi) is 6.01. The number of aliphatic hydroxyl groups excluding tert-OH is 1. The summed E-state index contributed by atoms with van der Waals surface area (Å²) in [5.41, 5.74) is 4.39. The van der Waals surface area contributed by atoms with Crippen molar-refractivity contribution in [3.63, 3.8) is 0 Å². The Morgan fingerprint density at radius 3 is 2.40 bits per heavy atom. The average Bonchev–Trinajstić information content (AvgIpc) is 2.73. The lowest BCUT2D eigenvalue weighted by atomic mass is 9.86. The molecule has 7 nitrogen and oxygen atoms in total. The van der Waals surface area contributed by atoms with Gasteiger partial charge in [-0.3, -0.25) is 9.59 Å². The van der Waals surface area contributed by atoms with Crippen molar-refractivity contribution in [3.05, 3.63) is 70.9 Å². The van der Waals surface area contributed by atoms with Gasteiger partial charge in [-0.15, -0.1) is 0 Å². The van der Waals surface area contributed by atoms with Crippen LogP contribution in [-0.2, 0) is 9.59 Å². The van der Waals surface area contributed by atoms with Crippen molar-refractivity contribution >= 4 is 29.5 Å². The molecule has 0 atom stereocenters. The zero-order valence-electron chi connectivity index (χ0n) is 17.0. The smallest absolute Gasteiger partial charge is 0.322 e. The van der Waals surface area contributed by atoms with Gasteiger partial charge in [-0.25, -0.2) is 5.01 Å². The van der Waals surface area contributed by atoms with Gasteiger partial charge in [-0.1, -0.05) is 48.5 Å². The van der Waals surface area contributed by atoms with Crippen LogP contribution in [0.2, 0.25) is 0 Å². The number of hydrazone groups is 1. The molecule has 0 fully saturated rings. The lowest BCUT2D eigenvalue weighted by Crippen LogP contribution is -2.37. The summed E-state index contributed by atoms with van der Waals surface area (Å²) in [6.45, 7) is 4.80. The average molecular weight is 405 g/mol. The number of hydrogen-bond acceptors (Lipinski definition) is 5. The summed E-state index contributed by atoms with van der Waals surface area (Å²) in [6, 6.07) is 13.6. The Morgan fingerprint density at radius 1 is 1.10 bits per heavy atom. The van der Waals surface area contributed by atoms with E-state index in [9.17, 15) is 14.7 Å². The lowest BCUT2D eigenvalue weighted by Gasteiger charge is -2.33. The van der Waals surface area contributed by atoms with Crippen LogP contribution >= 0.6 is 0 Å². The molecule has 7 heteroatoms. The number of amides is 1. The van der Waals surface area contributed by atoms with Crippen molar-refractivity contribution in [3.8, 4) is 11.1 Å². The minimum absolute atomic E-state index is 0.122. The van der Waals surface area contributed by atoms with Gasteiger partial charge in [0.1, 0.15) is 6.54 Å². The predicted octanol–water partition coefficient (Wildman–Crippen LogP) is 3.77. The number of carboxylic acids is 1. The molecule has 2 aromatic carbocycles. The molecule has 1 aliphatic heterocycles. The van der Waals surface area contributed by atoms with E-state index in [1.54, 1.807) is 6.92 Å². The summed E-state index contributed by atoms with van der Waals surface area (Å²) in [4.78, 5) is 23.7. The molecule has 1 aliphatic rings. The number of carbonyl (C=O) groups is 2. The SMILES string of the molecule is C/C=N\N1C(C(=O)NCC(=O)O)=C(O)c2c(C)ccc(-c3ccccc3)c2/C1=C\C. The second-order valence-electron chi connectivity index (χ2n) is 6.68. The van der Waals surface area contributed by atoms with Gasteiger partial charge in [0.25, 0.3) is 5.91 Å². The summed E-state index contributed by atoms with van der Waals surface area (Å²) in [5, 5.41) is 28.0. The van der Waals surface area contributed by atoms with Gasteiger partial charge < -0.3 is 15.5 Å². The molecule has 1 amide bonds. The number of hydrogen-bond donors (Lipinski definition) is 3. The molecular weight excluding hydrogens is 382 g/mol. The number of allylic oxidation sites excluding steroid dienone is 1. The standard InChI is InChI=1S/C23H23N3O4/c1-4-17-20-16(15-9-7-6-8-10-15)12-11-14(3)19(20)22(29)21(26(17)25-5-2)23(30)24-13-18(27)28/h4-12,29H,13H2,1-3H3,(H,24,30)(H,27,28)/b17-4+,25-5-. The molecule has 0 bridgehead atoms. The van der Waals surface area contributed by atoms with E-state index in [1.165, 1.54) is 11.2 Å². The number of aliphatic hydroxyl groups is 1. The highest BCUT2D eigenvalue weighted by Crippen LogP contribution is 2.44. The number of carboxylic acid groups (broad SMARTS) is 1. The van der Waals surface area contributed by atoms with Gasteiger partial charge in [-0.2, -0.15) is 5.10 Å². The van der Waals surface area contributed by atoms with Gasteiger partial charge in [0.15, 0.2) is 11.5 Å². The Morgan fingerprint density at radius 2 is 1.80 bits per heavy atom. The Balaban J connectivity index is 2.32. The normalized spacial score (nSPS) is 14.9. The summed E-state index contributed by atoms with van der Waals surface area (Å²) in [7, 11) is 0. The van der Waals surface area contributed by atoms with Crippen molar-refractivity contribution in [2.24, 2.45) is 5.10 Å². The predicted molar refractivity (Wildman–Crippen MR) is 116 cm³/mol. The van der Waals surface area contributed by atoms with E-state index >= 15 is 0 Å². The van der Waals surface area contributed by atoms with Crippen LogP contribution < -0.4 is 5.32 Å². The van der Waals surface area contributed by atoms with Crippen LogP contribution in [0.3, 0.4) is 0 Å². The molecule has 0 radical (unpaired) electrons. The first-order chi connectivity index (χ1) is 14.4. The largest absolute Gasteiger partial charge is 0.505 e. The number of nitrogens with zero attached hydrogens (tertiary/aromatic N) is 2. The van der Waals surface area contributed by atoms with E-state index in [1.807, 2.05) is 62.4 Å². The number of benzene rings is 2. The Bertz CT molecular complexity index is 1090. The molecular formula is C23H23N3O4. The molecule has 154 valence electrons. The Labute approximate surface area is 174 Å². The maximum absolute atomic E-state index is 12.8. The van der Waals surface area contributed by atoms with Crippen LogP contribution in [0.25, 0.3) is 22.6 Å². The first-order valence-electron chi connectivity index (χ1n) is 9.48. The molecule has 0 saturated carbocycles. The minimum atomic E-state index is -1.18. The molecule has 30 heavy (non-hydrogen) atoms. The monoisotopic (exact) mass is 405 g/mol. The van der Waals surface area contributed by atoms with Gasteiger partial charge in [0, 0.05) is 17.3 Å². The first-order valence-corrected chi connectivity index (χ1v) is 9.48.